The Hall–Kier alpha value is -0.860. The molecular weight excluding hydrogens is 256 g/mol. The number of hydrogen-bond acceptors (Lipinski definition) is 2. The highest BCUT2D eigenvalue weighted by Crippen LogP contribution is 2.29. The number of rotatable bonds is 5. The zero-order chi connectivity index (χ0) is 14.5. The molecule has 1 saturated heterocycles. The molecule has 0 bridgehead atoms. The van der Waals surface area contributed by atoms with Crippen LogP contribution in [0.1, 0.15) is 44.6 Å². The molecule has 0 radical (unpaired) electrons. The highest BCUT2D eigenvalue weighted by Gasteiger charge is 2.25. The Bertz CT molecular complexity index is 417. The summed E-state index contributed by atoms with van der Waals surface area (Å²) in [7, 11) is 0. The van der Waals surface area contributed by atoms with E-state index in [0.717, 1.165) is 18.4 Å². The van der Waals surface area contributed by atoms with Gasteiger partial charge in [0.1, 0.15) is 0 Å². The van der Waals surface area contributed by atoms with E-state index < -0.39 is 0 Å². The van der Waals surface area contributed by atoms with Gasteiger partial charge in [0.2, 0.25) is 0 Å². The Morgan fingerprint density at radius 2 is 1.90 bits per heavy atom. The molecule has 0 aromatic heterocycles. The predicted molar refractivity (Wildman–Crippen MR) is 89.2 cm³/mol. The Balaban J connectivity index is 1.40. The molecule has 1 aromatic carbocycles. The molecule has 116 valence electrons. The van der Waals surface area contributed by atoms with E-state index in [1.165, 1.54) is 57.3 Å². The van der Waals surface area contributed by atoms with Gasteiger partial charge in [0.05, 0.1) is 0 Å². The van der Waals surface area contributed by atoms with Gasteiger partial charge < -0.3 is 5.32 Å². The molecule has 1 N–H and O–H groups in total. The standard InChI is InChI=1S/C19H30N2/c1-16-7-5-6-10-18(16)13-20-19-11-12-21(15-19)14-17-8-3-2-4-9-17/h2-4,8-9,16,18-20H,5-7,10-15H2,1H3. The van der Waals surface area contributed by atoms with Gasteiger partial charge in [-0.25, -0.2) is 0 Å². The van der Waals surface area contributed by atoms with Gasteiger partial charge in [-0.1, -0.05) is 56.5 Å². The average Bonchev–Trinajstić information content (AvgIpc) is 2.95. The van der Waals surface area contributed by atoms with Gasteiger partial charge in [0.25, 0.3) is 0 Å². The molecular formula is C19H30N2. The topological polar surface area (TPSA) is 15.3 Å². The summed E-state index contributed by atoms with van der Waals surface area (Å²) in [6.07, 6.45) is 7.09. The molecule has 2 aliphatic rings. The van der Waals surface area contributed by atoms with Crippen LogP contribution in [0.3, 0.4) is 0 Å². The van der Waals surface area contributed by atoms with Gasteiger partial charge >= 0.3 is 0 Å². The molecule has 3 unspecified atom stereocenters. The van der Waals surface area contributed by atoms with Crippen LogP contribution in [0.5, 0.6) is 0 Å². The van der Waals surface area contributed by atoms with Gasteiger partial charge in [-0.05, 0) is 36.8 Å². The van der Waals surface area contributed by atoms with Crippen molar-refractivity contribution in [1.82, 2.24) is 10.2 Å². The summed E-state index contributed by atoms with van der Waals surface area (Å²) in [6.45, 7) is 7.26. The van der Waals surface area contributed by atoms with E-state index in [1.54, 1.807) is 0 Å². The minimum Gasteiger partial charge on any atom is -0.312 e. The lowest BCUT2D eigenvalue weighted by atomic mass is 9.80. The Labute approximate surface area is 129 Å². The minimum absolute atomic E-state index is 0.711. The van der Waals surface area contributed by atoms with Crippen LogP contribution in [-0.4, -0.2) is 30.6 Å². The summed E-state index contributed by atoms with van der Waals surface area (Å²) in [5.41, 5.74) is 1.44. The SMILES string of the molecule is CC1CCCCC1CNC1CCN(Cc2ccccc2)C1. The molecule has 1 saturated carbocycles. The van der Waals surface area contributed by atoms with Crippen LogP contribution < -0.4 is 5.32 Å². The van der Waals surface area contributed by atoms with Crippen molar-refractivity contribution < 1.29 is 0 Å². The van der Waals surface area contributed by atoms with Gasteiger partial charge in [0.15, 0.2) is 0 Å². The van der Waals surface area contributed by atoms with Crippen molar-refractivity contribution in [2.75, 3.05) is 19.6 Å². The van der Waals surface area contributed by atoms with Crippen LogP contribution >= 0.6 is 0 Å². The van der Waals surface area contributed by atoms with Gasteiger partial charge in [-0.3, -0.25) is 4.90 Å². The summed E-state index contributed by atoms with van der Waals surface area (Å²) in [6, 6.07) is 11.6. The number of nitrogens with zero attached hydrogens (tertiary/aromatic N) is 1. The quantitative estimate of drug-likeness (QED) is 0.888. The Morgan fingerprint density at radius 3 is 2.71 bits per heavy atom. The first kappa shape index (κ1) is 15.1. The van der Waals surface area contributed by atoms with E-state index in [0.29, 0.717) is 6.04 Å². The molecule has 1 aromatic rings. The normalized spacial score (nSPS) is 30.6. The summed E-state index contributed by atoms with van der Waals surface area (Å²) >= 11 is 0. The van der Waals surface area contributed by atoms with Crippen molar-refractivity contribution in [1.29, 1.82) is 0 Å². The molecule has 1 aliphatic carbocycles. The molecule has 21 heavy (non-hydrogen) atoms. The highest BCUT2D eigenvalue weighted by molar-refractivity contribution is 5.14. The molecule has 0 amide bonds. The smallest absolute Gasteiger partial charge is 0.0234 e. The first-order valence-electron chi connectivity index (χ1n) is 8.81. The van der Waals surface area contributed by atoms with E-state index in [9.17, 15) is 0 Å². The predicted octanol–water partition coefficient (Wildman–Crippen LogP) is 3.68. The lowest BCUT2D eigenvalue weighted by Crippen LogP contribution is -2.38. The van der Waals surface area contributed by atoms with Crippen molar-refractivity contribution in [2.45, 2.75) is 51.6 Å². The lowest BCUT2D eigenvalue weighted by Gasteiger charge is -2.30. The Kier molecular flexibility index (Phi) is 5.32. The second-order valence-corrected chi connectivity index (χ2v) is 7.14. The van der Waals surface area contributed by atoms with Gasteiger partial charge in [0, 0.05) is 25.7 Å². The molecule has 2 nitrogen and oxygen atoms in total. The van der Waals surface area contributed by atoms with E-state index in [1.807, 2.05) is 0 Å². The molecule has 1 aliphatic heterocycles. The van der Waals surface area contributed by atoms with E-state index in [4.69, 9.17) is 0 Å². The number of hydrogen-bond donors (Lipinski definition) is 1. The van der Waals surface area contributed by atoms with Crippen molar-refractivity contribution in [3.63, 3.8) is 0 Å². The maximum absolute atomic E-state index is 3.86. The number of benzene rings is 1. The number of likely N-dealkylation sites (tertiary alicyclic amines) is 1. The van der Waals surface area contributed by atoms with Crippen LogP contribution in [0.25, 0.3) is 0 Å². The van der Waals surface area contributed by atoms with Gasteiger partial charge in [-0.15, -0.1) is 0 Å². The first-order valence-corrected chi connectivity index (χ1v) is 8.81. The molecule has 1 heterocycles. The monoisotopic (exact) mass is 286 g/mol. The van der Waals surface area contributed by atoms with Crippen LogP contribution in [-0.2, 0) is 6.54 Å². The maximum atomic E-state index is 3.86. The maximum Gasteiger partial charge on any atom is 0.0234 e. The summed E-state index contributed by atoms with van der Waals surface area (Å²) in [5.74, 6) is 1.84. The van der Waals surface area contributed by atoms with Gasteiger partial charge in [-0.2, -0.15) is 0 Å². The largest absolute Gasteiger partial charge is 0.312 e. The van der Waals surface area contributed by atoms with Crippen LogP contribution in [0.2, 0.25) is 0 Å². The van der Waals surface area contributed by atoms with E-state index >= 15 is 0 Å². The number of nitrogens with one attached hydrogen (secondary N) is 1. The summed E-state index contributed by atoms with van der Waals surface area (Å²) in [5, 5.41) is 3.86. The first-order chi connectivity index (χ1) is 10.3. The van der Waals surface area contributed by atoms with Crippen molar-refractivity contribution in [3.8, 4) is 0 Å². The van der Waals surface area contributed by atoms with Crippen molar-refractivity contribution in [2.24, 2.45) is 11.8 Å². The van der Waals surface area contributed by atoms with Crippen LogP contribution in [0.4, 0.5) is 0 Å². The molecule has 2 fully saturated rings. The van der Waals surface area contributed by atoms with Crippen LogP contribution in [0.15, 0.2) is 30.3 Å². The molecule has 2 heteroatoms. The third-order valence-corrected chi connectivity index (χ3v) is 5.48. The summed E-state index contributed by atoms with van der Waals surface area (Å²) in [4.78, 5) is 2.59. The zero-order valence-corrected chi connectivity index (χ0v) is 13.4. The van der Waals surface area contributed by atoms with Crippen molar-refractivity contribution >= 4 is 0 Å². The highest BCUT2D eigenvalue weighted by atomic mass is 15.2. The fourth-order valence-electron chi connectivity index (χ4n) is 4.00. The fraction of sp³-hybridized carbons (Fsp3) is 0.684. The lowest BCUT2D eigenvalue weighted by molar-refractivity contribution is 0.238. The molecule has 3 rings (SSSR count). The second-order valence-electron chi connectivity index (χ2n) is 7.14. The third-order valence-electron chi connectivity index (χ3n) is 5.48. The summed E-state index contributed by atoms with van der Waals surface area (Å²) < 4.78 is 0. The molecule has 0 spiro atoms. The molecule has 3 atom stereocenters. The van der Waals surface area contributed by atoms with Crippen LogP contribution in [0, 0.1) is 11.8 Å². The average molecular weight is 286 g/mol. The fourth-order valence-corrected chi connectivity index (χ4v) is 4.00. The third kappa shape index (κ3) is 4.31. The van der Waals surface area contributed by atoms with Crippen molar-refractivity contribution in [3.05, 3.63) is 35.9 Å². The minimum atomic E-state index is 0.711. The van der Waals surface area contributed by atoms with E-state index in [2.05, 4.69) is 47.5 Å². The van der Waals surface area contributed by atoms with E-state index in [-0.39, 0.29) is 0 Å². The zero-order valence-electron chi connectivity index (χ0n) is 13.4. The Morgan fingerprint density at radius 1 is 1.10 bits per heavy atom. The second kappa shape index (κ2) is 7.42.